The highest BCUT2D eigenvalue weighted by Gasteiger charge is 2.52. The van der Waals surface area contributed by atoms with Crippen molar-refractivity contribution in [3.05, 3.63) is 216 Å². The summed E-state index contributed by atoms with van der Waals surface area (Å²) < 4.78 is 0. The van der Waals surface area contributed by atoms with Crippen molar-refractivity contribution < 1.29 is 0 Å². The Kier molecular flexibility index (Phi) is 6.73. The number of rotatable bonds is 4. The normalized spacial score (nSPS) is 13.3. The van der Waals surface area contributed by atoms with E-state index in [4.69, 9.17) is 15.0 Å². The second-order valence-electron chi connectivity index (χ2n) is 13.9. The monoisotopic (exact) mass is 688 g/mol. The molecule has 8 aromatic carbocycles. The Morgan fingerprint density at radius 2 is 0.852 bits per heavy atom. The summed E-state index contributed by atoms with van der Waals surface area (Å²) in [5, 5.41) is 2.26. The predicted molar refractivity (Wildman–Crippen MR) is 219 cm³/mol. The van der Waals surface area contributed by atoms with Crippen LogP contribution in [0.4, 0.5) is 17.1 Å². The minimum Gasteiger partial charge on any atom is -0.310 e. The molecule has 1 aliphatic carbocycles. The van der Waals surface area contributed by atoms with Crippen molar-refractivity contribution in [2.45, 2.75) is 5.41 Å². The van der Waals surface area contributed by atoms with Crippen LogP contribution in [0.15, 0.2) is 194 Å². The van der Waals surface area contributed by atoms with E-state index in [1.807, 2.05) is 18.2 Å². The molecule has 252 valence electrons. The van der Waals surface area contributed by atoms with E-state index >= 15 is 0 Å². The molecule has 9 aromatic rings. The molecule has 1 spiro atoms. The van der Waals surface area contributed by atoms with E-state index in [-0.39, 0.29) is 0 Å². The van der Waals surface area contributed by atoms with Gasteiger partial charge in [-0.15, -0.1) is 0 Å². The van der Waals surface area contributed by atoms with Gasteiger partial charge in [0.25, 0.3) is 0 Å². The van der Waals surface area contributed by atoms with Crippen LogP contribution in [0, 0.1) is 0 Å². The van der Waals surface area contributed by atoms with Gasteiger partial charge in [-0.25, -0.2) is 15.0 Å². The first-order valence-corrected chi connectivity index (χ1v) is 18.4. The van der Waals surface area contributed by atoms with E-state index in [0.717, 1.165) is 38.7 Å². The van der Waals surface area contributed by atoms with Gasteiger partial charge in [-0.05, 0) is 68.4 Å². The number of para-hydroxylation sites is 3. The van der Waals surface area contributed by atoms with E-state index < -0.39 is 5.41 Å². The van der Waals surface area contributed by atoms with Crippen LogP contribution in [0.25, 0.3) is 56.1 Å². The fourth-order valence-corrected chi connectivity index (χ4v) is 8.95. The molecular weight excluding hydrogens is 657 g/mol. The second kappa shape index (κ2) is 11.9. The Morgan fingerprint density at radius 1 is 0.352 bits per heavy atom. The molecule has 0 radical (unpaired) electrons. The third-order valence-electron chi connectivity index (χ3n) is 11.1. The van der Waals surface area contributed by atoms with Crippen molar-refractivity contribution in [2.24, 2.45) is 0 Å². The zero-order valence-corrected chi connectivity index (χ0v) is 29.3. The molecule has 0 saturated carbocycles. The van der Waals surface area contributed by atoms with Gasteiger partial charge >= 0.3 is 0 Å². The minimum atomic E-state index is -0.575. The molecule has 2 aliphatic rings. The van der Waals surface area contributed by atoms with E-state index in [1.165, 1.54) is 39.2 Å². The van der Waals surface area contributed by atoms with E-state index in [1.54, 1.807) is 0 Å². The Balaban J connectivity index is 1.22. The number of fused-ring (bicyclic) bond motifs is 10. The predicted octanol–water partition coefficient (Wildman–Crippen LogP) is 12.2. The number of benzene rings is 8. The molecule has 0 fully saturated rings. The first-order chi connectivity index (χ1) is 26.8. The van der Waals surface area contributed by atoms with Crippen molar-refractivity contribution in [2.75, 3.05) is 4.90 Å². The summed E-state index contributed by atoms with van der Waals surface area (Å²) in [5.41, 5.74) is 13.1. The van der Waals surface area contributed by atoms with Gasteiger partial charge in [-0.3, -0.25) is 0 Å². The number of anilines is 3. The lowest BCUT2D eigenvalue weighted by atomic mass is 9.64. The van der Waals surface area contributed by atoms with E-state index in [9.17, 15) is 0 Å². The lowest BCUT2D eigenvalue weighted by Gasteiger charge is -2.45. The van der Waals surface area contributed by atoms with Gasteiger partial charge in [0.05, 0.1) is 16.8 Å². The lowest BCUT2D eigenvalue weighted by molar-refractivity contribution is 0.752. The van der Waals surface area contributed by atoms with Gasteiger partial charge in [0.15, 0.2) is 17.5 Å². The Morgan fingerprint density at radius 3 is 1.61 bits per heavy atom. The van der Waals surface area contributed by atoms with Crippen LogP contribution in [-0.4, -0.2) is 15.0 Å². The first kappa shape index (κ1) is 30.5. The molecule has 0 amide bonds. The summed E-state index contributed by atoms with van der Waals surface area (Å²) in [5.74, 6) is 1.95. The zero-order chi connectivity index (χ0) is 35.6. The molecule has 4 nitrogen and oxygen atoms in total. The largest absolute Gasteiger partial charge is 0.310 e. The van der Waals surface area contributed by atoms with E-state index in [0.29, 0.717) is 17.5 Å². The number of aromatic nitrogens is 3. The molecule has 0 N–H and O–H groups in total. The quantitative estimate of drug-likeness (QED) is 0.185. The highest BCUT2D eigenvalue weighted by Crippen LogP contribution is 2.64. The van der Waals surface area contributed by atoms with Gasteiger partial charge in [0.1, 0.15) is 0 Å². The summed E-state index contributed by atoms with van der Waals surface area (Å²) in [4.78, 5) is 18.2. The average molecular weight is 689 g/mol. The summed E-state index contributed by atoms with van der Waals surface area (Å²) >= 11 is 0. The van der Waals surface area contributed by atoms with Crippen molar-refractivity contribution in [3.8, 4) is 45.3 Å². The third kappa shape index (κ3) is 4.34. The summed E-state index contributed by atoms with van der Waals surface area (Å²) in [7, 11) is 0. The Labute approximate surface area is 313 Å². The Bertz CT molecular complexity index is 2850. The average Bonchev–Trinajstić information content (AvgIpc) is 3.55. The second-order valence-corrected chi connectivity index (χ2v) is 13.9. The number of hydrogen-bond donors (Lipinski definition) is 0. The fourth-order valence-electron chi connectivity index (χ4n) is 8.95. The Hall–Kier alpha value is -7.17. The highest BCUT2D eigenvalue weighted by atomic mass is 15.2. The van der Waals surface area contributed by atoms with Crippen LogP contribution in [0.5, 0.6) is 0 Å². The molecule has 2 heterocycles. The number of nitrogens with zero attached hydrogens (tertiary/aromatic N) is 4. The van der Waals surface area contributed by atoms with Crippen LogP contribution in [0.3, 0.4) is 0 Å². The maximum Gasteiger partial charge on any atom is 0.164 e. The molecule has 1 aromatic heterocycles. The van der Waals surface area contributed by atoms with Crippen molar-refractivity contribution in [1.82, 2.24) is 15.0 Å². The number of hydrogen-bond acceptors (Lipinski definition) is 4. The van der Waals surface area contributed by atoms with Crippen molar-refractivity contribution in [3.63, 3.8) is 0 Å². The standard InChI is InChI=1S/C50H32N4/c1-3-18-34(19-4-1)47-51-48(37-25-15-20-33-17-7-8-23-36(33)37)53-49(52-47)39-26-16-30-43-46(39)38-24-9-10-27-40(38)50(43)41-28-11-13-31-44(41)54(35-21-5-2-6-22-35)45-32-14-12-29-42(45)50/h1-32H. The molecule has 4 heteroatoms. The van der Waals surface area contributed by atoms with Crippen LogP contribution in [-0.2, 0) is 5.41 Å². The molecule has 0 saturated heterocycles. The molecule has 54 heavy (non-hydrogen) atoms. The van der Waals surface area contributed by atoms with Gasteiger partial charge in [0, 0.05) is 22.4 Å². The molecule has 0 unspecified atom stereocenters. The fraction of sp³-hybridized carbons (Fsp3) is 0.0200. The van der Waals surface area contributed by atoms with E-state index in [2.05, 4.69) is 181 Å². The van der Waals surface area contributed by atoms with Crippen LogP contribution in [0.2, 0.25) is 0 Å². The summed E-state index contributed by atoms with van der Waals surface area (Å²) in [6.45, 7) is 0. The third-order valence-corrected chi connectivity index (χ3v) is 11.1. The van der Waals surface area contributed by atoms with Gasteiger partial charge < -0.3 is 4.90 Å². The van der Waals surface area contributed by atoms with Gasteiger partial charge in [-0.1, -0.05) is 170 Å². The molecular formula is C50H32N4. The van der Waals surface area contributed by atoms with Crippen LogP contribution in [0.1, 0.15) is 22.3 Å². The molecule has 0 atom stereocenters. The van der Waals surface area contributed by atoms with Crippen molar-refractivity contribution in [1.29, 1.82) is 0 Å². The van der Waals surface area contributed by atoms with Gasteiger partial charge in [-0.2, -0.15) is 0 Å². The summed E-state index contributed by atoms with van der Waals surface area (Å²) in [6.07, 6.45) is 0. The van der Waals surface area contributed by atoms with Crippen LogP contribution >= 0.6 is 0 Å². The minimum absolute atomic E-state index is 0.575. The summed E-state index contributed by atoms with van der Waals surface area (Å²) in [6, 6.07) is 69.1. The molecule has 11 rings (SSSR count). The SMILES string of the molecule is c1ccc(-c2nc(-c3cccc4c3-c3ccccc3C43c4ccccc4N(c4ccccc4)c4ccccc43)nc(-c3cccc4ccccc34)n2)cc1. The highest BCUT2D eigenvalue weighted by molar-refractivity contribution is 6.00. The maximum atomic E-state index is 5.34. The van der Waals surface area contributed by atoms with Crippen molar-refractivity contribution >= 4 is 27.8 Å². The molecule has 1 aliphatic heterocycles. The lowest BCUT2D eigenvalue weighted by Crippen LogP contribution is -2.36. The first-order valence-electron chi connectivity index (χ1n) is 18.4. The van der Waals surface area contributed by atoms with Crippen LogP contribution < -0.4 is 4.90 Å². The smallest absolute Gasteiger partial charge is 0.164 e. The topological polar surface area (TPSA) is 41.9 Å². The molecule has 0 bridgehead atoms. The zero-order valence-electron chi connectivity index (χ0n) is 29.3. The maximum absolute atomic E-state index is 5.34. The van der Waals surface area contributed by atoms with Gasteiger partial charge in [0.2, 0.25) is 0 Å².